The molecule has 3 rings (SSSR count). The van der Waals surface area contributed by atoms with Gasteiger partial charge in [-0.1, -0.05) is 0 Å². The lowest BCUT2D eigenvalue weighted by atomic mass is 10.3. The van der Waals surface area contributed by atoms with Gasteiger partial charge in [0.25, 0.3) is 0 Å². The molecule has 1 fully saturated rings. The van der Waals surface area contributed by atoms with Gasteiger partial charge in [0, 0.05) is 29.0 Å². The Morgan fingerprint density at radius 3 is 2.55 bits per heavy atom. The van der Waals surface area contributed by atoms with Crippen LogP contribution in [0, 0.1) is 0 Å². The van der Waals surface area contributed by atoms with Crippen LogP contribution in [0.3, 0.4) is 0 Å². The summed E-state index contributed by atoms with van der Waals surface area (Å²) in [6.07, 6.45) is 2.98. The van der Waals surface area contributed by atoms with Crippen LogP contribution in [-0.2, 0) is 13.1 Å². The van der Waals surface area contributed by atoms with Gasteiger partial charge >= 0.3 is 0 Å². The third kappa shape index (κ3) is 3.73. The highest BCUT2D eigenvalue weighted by atomic mass is 79.9. The number of hydrogen-bond donors (Lipinski definition) is 0. The molecule has 2 aromatic heterocycles. The molecule has 1 aliphatic rings. The zero-order chi connectivity index (χ0) is 13.8. The molecule has 0 atom stereocenters. The monoisotopic (exact) mass is 354 g/mol. The third-order valence-electron chi connectivity index (χ3n) is 3.70. The molecule has 0 bridgehead atoms. The number of halogens is 1. The van der Waals surface area contributed by atoms with Gasteiger partial charge in [0.1, 0.15) is 5.76 Å². The fourth-order valence-electron chi connectivity index (χ4n) is 2.60. The van der Waals surface area contributed by atoms with Crippen LogP contribution >= 0.6 is 27.3 Å². The molecular weight excluding hydrogens is 336 g/mol. The Labute approximate surface area is 132 Å². The molecule has 0 unspecified atom stereocenters. The predicted octanol–water partition coefficient (Wildman–Crippen LogP) is 3.81. The first-order valence-electron chi connectivity index (χ1n) is 7.00. The van der Waals surface area contributed by atoms with E-state index in [1.807, 2.05) is 17.4 Å². The number of rotatable bonds is 4. The number of furan rings is 1. The van der Waals surface area contributed by atoms with Gasteiger partial charge in [-0.15, -0.1) is 11.3 Å². The average molecular weight is 355 g/mol. The minimum absolute atomic E-state index is 0.934. The van der Waals surface area contributed by atoms with Crippen LogP contribution in [0.2, 0.25) is 0 Å². The predicted molar refractivity (Wildman–Crippen MR) is 85.9 cm³/mol. The molecule has 0 spiro atoms. The standard InChI is InChI=1S/C15H19BrN2OS/c16-14-4-10-20-15(14)12-18-6-2-5-17(7-8-18)11-13-3-1-9-19-13/h1,3-4,9-10H,2,5-8,11-12H2. The first-order valence-corrected chi connectivity index (χ1v) is 8.67. The van der Waals surface area contributed by atoms with Crippen molar-refractivity contribution in [2.24, 2.45) is 0 Å². The van der Waals surface area contributed by atoms with Crippen molar-refractivity contribution in [3.05, 3.63) is 45.0 Å². The third-order valence-corrected chi connectivity index (χ3v) is 5.61. The minimum atomic E-state index is 0.934. The Morgan fingerprint density at radius 1 is 1.10 bits per heavy atom. The van der Waals surface area contributed by atoms with Crippen molar-refractivity contribution < 1.29 is 4.42 Å². The SMILES string of the molecule is Brc1ccsc1CN1CCCN(Cc2ccco2)CC1. The normalized spacial score (nSPS) is 18.2. The van der Waals surface area contributed by atoms with E-state index in [1.54, 1.807) is 6.26 Å². The van der Waals surface area contributed by atoms with Gasteiger partial charge in [-0.3, -0.25) is 9.80 Å². The van der Waals surface area contributed by atoms with E-state index in [0.29, 0.717) is 0 Å². The molecular formula is C15H19BrN2OS. The smallest absolute Gasteiger partial charge is 0.117 e. The quantitative estimate of drug-likeness (QED) is 0.832. The van der Waals surface area contributed by atoms with E-state index in [2.05, 4.69) is 43.2 Å². The fourth-order valence-corrected chi connectivity index (χ4v) is 4.12. The second-order valence-electron chi connectivity index (χ2n) is 5.18. The van der Waals surface area contributed by atoms with Gasteiger partial charge in [-0.05, 0) is 59.0 Å². The summed E-state index contributed by atoms with van der Waals surface area (Å²) in [6, 6.07) is 6.17. The van der Waals surface area contributed by atoms with Crippen molar-refractivity contribution >= 4 is 27.3 Å². The molecule has 0 N–H and O–H groups in total. The topological polar surface area (TPSA) is 19.6 Å². The summed E-state index contributed by atoms with van der Waals surface area (Å²) < 4.78 is 6.69. The fraction of sp³-hybridized carbons (Fsp3) is 0.467. The zero-order valence-corrected chi connectivity index (χ0v) is 13.8. The maximum Gasteiger partial charge on any atom is 0.117 e. The summed E-state index contributed by atoms with van der Waals surface area (Å²) in [6.45, 7) is 6.58. The molecule has 5 heteroatoms. The zero-order valence-electron chi connectivity index (χ0n) is 11.4. The van der Waals surface area contributed by atoms with Crippen molar-refractivity contribution in [3.8, 4) is 0 Å². The summed E-state index contributed by atoms with van der Waals surface area (Å²) in [5, 5.41) is 2.15. The first kappa shape index (κ1) is 14.3. The van der Waals surface area contributed by atoms with Crippen molar-refractivity contribution in [2.45, 2.75) is 19.5 Å². The Bertz CT molecular complexity index is 526. The van der Waals surface area contributed by atoms with E-state index < -0.39 is 0 Å². The van der Waals surface area contributed by atoms with Crippen LogP contribution in [0.15, 0.2) is 38.7 Å². The first-order chi connectivity index (χ1) is 9.81. The van der Waals surface area contributed by atoms with Crippen molar-refractivity contribution in [1.29, 1.82) is 0 Å². The van der Waals surface area contributed by atoms with E-state index in [4.69, 9.17) is 4.42 Å². The van der Waals surface area contributed by atoms with E-state index in [-0.39, 0.29) is 0 Å². The molecule has 108 valence electrons. The summed E-state index contributed by atoms with van der Waals surface area (Å²) in [7, 11) is 0. The number of nitrogens with zero attached hydrogens (tertiary/aromatic N) is 2. The average Bonchev–Trinajstić information content (AvgIpc) is 3.02. The molecule has 0 saturated carbocycles. The molecule has 20 heavy (non-hydrogen) atoms. The molecule has 0 aromatic carbocycles. The summed E-state index contributed by atoms with van der Waals surface area (Å²) in [5.41, 5.74) is 0. The van der Waals surface area contributed by atoms with Gasteiger partial charge in [0.15, 0.2) is 0 Å². The summed E-state index contributed by atoms with van der Waals surface area (Å²) in [4.78, 5) is 6.48. The summed E-state index contributed by atoms with van der Waals surface area (Å²) in [5.74, 6) is 1.07. The van der Waals surface area contributed by atoms with E-state index in [0.717, 1.165) is 38.5 Å². The van der Waals surface area contributed by atoms with Gasteiger partial charge in [-0.2, -0.15) is 0 Å². The van der Waals surface area contributed by atoms with Crippen LogP contribution in [0.1, 0.15) is 17.1 Å². The molecule has 3 heterocycles. The molecule has 1 aliphatic heterocycles. The Kier molecular flexibility index (Phi) is 4.94. The van der Waals surface area contributed by atoms with Gasteiger partial charge in [-0.25, -0.2) is 0 Å². The Balaban J connectivity index is 1.53. The lowest BCUT2D eigenvalue weighted by Crippen LogP contribution is -2.30. The second-order valence-corrected chi connectivity index (χ2v) is 7.03. The largest absolute Gasteiger partial charge is 0.468 e. The van der Waals surface area contributed by atoms with Crippen LogP contribution < -0.4 is 0 Å². The molecule has 0 aliphatic carbocycles. The minimum Gasteiger partial charge on any atom is -0.468 e. The van der Waals surface area contributed by atoms with Gasteiger partial charge < -0.3 is 4.42 Å². The van der Waals surface area contributed by atoms with Crippen molar-refractivity contribution in [1.82, 2.24) is 9.80 Å². The highest BCUT2D eigenvalue weighted by Crippen LogP contribution is 2.24. The lowest BCUT2D eigenvalue weighted by Gasteiger charge is -2.20. The maximum atomic E-state index is 5.45. The maximum absolute atomic E-state index is 5.45. The molecule has 3 nitrogen and oxygen atoms in total. The van der Waals surface area contributed by atoms with Gasteiger partial charge in [0.05, 0.1) is 12.8 Å². The molecule has 0 amide bonds. The van der Waals surface area contributed by atoms with Crippen LogP contribution in [0.5, 0.6) is 0 Å². The van der Waals surface area contributed by atoms with Crippen LogP contribution in [0.4, 0.5) is 0 Å². The van der Waals surface area contributed by atoms with Crippen molar-refractivity contribution in [2.75, 3.05) is 26.2 Å². The van der Waals surface area contributed by atoms with E-state index in [9.17, 15) is 0 Å². The van der Waals surface area contributed by atoms with Crippen LogP contribution in [-0.4, -0.2) is 36.0 Å². The van der Waals surface area contributed by atoms with Gasteiger partial charge in [0.2, 0.25) is 0 Å². The number of hydrogen-bond acceptors (Lipinski definition) is 4. The molecule has 2 aromatic rings. The van der Waals surface area contributed by atoms with Crippen molar-refractivity contribution in [3.63, 3.8) is 0 Å². The molecule has 1 saturated heterocycles. The van der Waals surface area contributed by atoms with E-state index >= 15 is 0 Å². The lowest BCUT2D eigenvalue weighted by molar-refractivity contribution is 0.235. The summed E-state index contributed by atoms with van der Waals surface area (Å²) >= 11 is 5.46. The Morgan fingerprint density at radius 2 is 1.90 bits per heavy atom. The Hall–Kier alpha value is -0.620. The highest BCUT2D eigenvalue weighted by molar-refractivity contribution is 9.10. The molecule has 0 radical (unpaired) electrons. The van der Waals surface area contributed by atoms with E-state index in [1.165, 1.54) is 22.3 Å². The second kappa shape index (κ2) is 6.89. The number of thiophene rings is 1. The highest BCUT2D eigenvalue weighted by Gasteiger charge is 2.17. The van der Waals surface area contributed by atoms with Crippen LogP contribution in [0.25, 0.3) is 0 Å².